The number of nitrogens with zero attached hydrogens (tertiary/aromatic N) is 3. The van der Waals surface area contributed by atoms with Gasteiger partial charge in [0.15, 0.2) is 0 Å². The second kappa shape index (κ2) is 19.4. The fourth-order valence-electron chi connectivity index (χ4n) is 14.4. The van der Waals surface area contributed by atoms with E-state index in [4.69, 9.17) is 13.7 Å². The minimum atomic E-state index is -0.839. The van der Waals surface area contributed by atoms with Crippen LogP contribution in [0.3, 0.4) is 0 Å². The SMILES string of the molecule is [2H]c1c([2H])c([2H])c(-c2ccc3c(c2)c2cc(-c4c([2H])c([2H])c([2H])c([2H])c4[2H])cc4c2n3-c2cc3[nH]c5c(-c6ccccc6-c6ccccc6-c6ccccc6)cccc5c3c3c2B4c2ccc(-n4c5c([2H])c([2H])c([2H])c([2H])c5c5c([2H])c([2H])c([2H])c([2H])c54)cc2N3c2ccc(-c3ccccc3)cc2)c([2H])c1[2H]. The van der Waals surface area contributed by atoms with E-state index in [-0.39, 0.29) is 44.2 Å². The number of benzene rings is 14. The van der Waals surface area contributed by atoms with Crippen LogP contribution < -0.4 is 21.3 Å². The Morgan fingerprint density at radius 1 is 0.326 bits per heavy atom. The molecule has 2 aliphatic rings. The minimum absolute atomic E-state index is 0.0390. The maximum Gasteiger partial charge on any atom is 0.252 e. The van der Waals surface area contributed by atoms with Gasteiger partial charge >= 0.3 is 0 Å². The Morgan fingerprint density at radius 3 is 1.60 bits per heavy atom. The number of aromatic amines is 1. The molecule has 17 aromatic rings. The van der Waals surface area contributed by atoms with Crippen LogP contribution in [0.2, 0.25) is 0 Å². The third kappa shape index (κ3) is 7.43. The van der Waals surface area contributed by atoms with Crippen molar-refractivity contribution in [3.63, 3.8) is 0 Å². The van der Waals surface area contributed by atoms with Crippen molar-refractivity contribution in [2.45, 2.75) is 0 Å². The summed E-state index contributed by atoms with van der Waals surface area (Å²) in [6, 6.07) is 58.8. The molecule has 412 valence electrons. The van der Waals surface area contributed by atoms with E-state index < -0.39 is 115 Å². The lowest BCUT2D eigenvalue weighted by molar-refractivity contribution is 1.16. The Balaban J connectivity index is 0.993. The molecule has 0 fully saturated rings. The molecule has 0 saturated heterocycles. The maximum absolute atomic E-state index is 9.68. The first-order valence-corrected chi connectivity index (χ1v) is 29.4. The van der Waals surface area contributed by atoms with Gasteiger partial charge in [0.05, 0.1) is 57.9 Å². The number of fused-ring (bicyclic) bond motifs is 14. The Labute approximate surface area is 540 Å². The summed E-state index contributed by atoms with van der Waals surface area (Å²) in [6.07, 6.45) is 0. The van der Waals surface area contributed by atoms with Crippen LogP contribution >= 0.6 is 0 Å². The lowest BCUT2D eigenvalue weighted by Gasteiger charge is -2.41. The summed E-state index contributed by atoms with van der Waals surface area (Å²) in [6.45, 7) is -0.839. The van der Waals surface area contributed by atoms with Gasteiger partial charge < -0.3 is 19.0 Å². The van der Waals surface area contributed by atoms with Crippen molar-refractivity contribution < 1.29 is 24.7 Å². The van der Waals surface area contributed by atoms with E-state index in [9.17, 15) is 11.0 Å². The quantitative estimate of drug-likeness (QED) is 0.151. The standard InChI is InChI=1S/C84H53BN4/c1-5-22-53(23-6-1)56-40-43-60(44-41-56)88-78-51-61(87-75-38-19-17-34-66(75)67-35-18-20-39-76(67)87)45-46-72(78)85-73-50-59(55-26-9-3-10-27-55)49-71-70-48-58(54-24-7-2-8-25-54)42-47-77(70)89(83(71)73)79-52-74-80(84(88)81(79)85)69-37-21-36-68(82(69)86-74)65-33-16-15-32-64(65)63-31-14-13-30-62(63)57-28-11-4-12-29-57/h1-52,86H/i2D,3D,7D,8D,9D,10D,17D,18D,19D,20D,24D,25D,26D,27D,34D,35D,38D,39D. The molecule has 5 heterocycles. The van der Waals surface area contributed by atoms with Gasteiger partial charge in [-0.1, -0.05) is 254 Å². The highest BCUT2D eigenvalue weighted by molar-refractivity contribution is 7.00. The zero-order valence-electron chi connectivity index (χ0n) is 65.0. The van der Waals surface area contributed by atoms with Gasteiger partial charge in [-0.25, -0.2) is 0 Å². The van der Waals surface area contributed by atoms with E-state index in [1.54, 1.807) is 24.3 Å². The third-order valence-corrected chi connectivity index (χ3v) is 18.1. The molecule has 0 radical (unpaired) electrons. The average molecular weight is 1150 g/mol. The van der Waals surface area contributed by atoms with Crippen molar-refractivity contribution in [2.75, 3.05) is 4.90 Å². The highest BCUT2D eigenvalue weighted by atomic mass is 15.2. The molecule has 19 rings (SSSR count). The zero-order chi connectivity index (χ0) is 73.9. The van der Waals surface area contributed by atoms with Gasteiger partial charge in [-0.2, -0.15) is 0 Å². The molecule has 4 nitrogen and oxygen atoms in total. The smallest absolute Gasteiger partial charge is 0.252 e. The lowest BCUT2D eigenvalue weighted by Crippen LogP contribution is -2.60. The van der Waals surface area contributed by atoms with E-state index in [1.165, 1.54) is 4.57 Å². The maximum atomic E-state index is 9.68. The minimum Gasteiger partial charge on any atom is -0.354 e. The van der Waals surface area contributed by atoms with Crippen LogP contribution in [-0.4, -0.2) is 20.8 Å². The summed E-state index contributed by atoms with van der Waals surface area (Å²) in [4.78, 5) is 6.20. The van der Waals surface area contributed by atoms with Crippen LogP contribution in [0.25, 0.3) is 144 Å². The molecular formula is C84H53BN4. The molecule has 89 heavy (non-hydrogen) atoms. The summed E-state index contributed by atoms with van der Waals surface area (Å²) in [7, 11) is 0. The highest BCUT2D eigenvalue weighted by Crippen LogP contribution is 2.50. The average Bonchev–Trinajstić information content (AvgIpc) is 1.59. The first-order valence-electron chi connectivity index (χ1n) is 38.4. The number of anilines is 3. The van der Waals surface area contributed by atoms with Gasteiger partial charge in [0.25, 0.3) is 6.71 Å². The van der Waals surface area contributed by atoms with E-state index >= 15 is 0 Å². The van der Waals surface area contributed by atoms with Crippen molar-refractivity contribution in [3.05, 3.63) is 315 Å². The summed E-state index contributed by atoms with van der Waals surface area (Å²) in [5.41, 5.74) is 15.8. The van der Waals surface area contributed by atoms with E-state index in [2.05, 4.69) is 69.0 Å². The zero-order valence-corrected chi connectivity index (χ0v) is 47.0. The Hall–Kier alpha value is -11.7. The summed E-state index contributed by atoms with van der Waals surface area (Å²) in [5.74, 6) is 0. The fourth-order valence-corrected chi connectivity index (χ4v) is 14.4. The molecule has 3 aromatic heterocycles. The molecule has 0 saturated carbocycles. The third-order valence-electron chi connectivity index (χ3n) is 18.1. The Morgan fingerprint density at radius 2 is 0.888 bits per heavy atom. The monoisotopic (exact) mass is 1150 g/mol. The molecule has 0 aliphatic carbocycles. The van der Waals surface area contributed by atoms with Crippen LogP contribution in [0.1, 0.15) is 24.7 Å². The van der Waals surface area contributed by atoms with E-state index in [1.807, 2.05) is 127 Å². The molecule has 0 bridgehead atoms. The van der Waals surface area contributed by atoms with Crippen molar-refractivity contribution >= 4 is 106 Å². The molecular weight excluding hydrogens is 1080 g/mol. The van der Waals surface area contributed by atoms with E-state index in [0.717, 1.165) is 66.3 Å². The molecule has 0 amide bonds. The summed E-state index contributed by atoms with van der Waals surface area (Å²) >= 11 is 0. The van der Waals surface area contributed by atoms with Crippen molar-refractivity contribution in [2.24, 2.45) is 0 Å². The van der Waals surface area contributed by atoms with Crippen LogP contribution in [0.5, 0.6) is 0 Å². The molecule has 0 unspecified atom stereocenters. The van der Waals surface area contributed by atoms with Crippen LogP contribution in [0, 0.1) is 0 Å². The number of nitrogens with one attached hydrogen (secondary N) is 1. The van der Waals surface area contributed by atoms with Crippen LogP contribution in [0.15, 0.2) is 315 Å². The summed E-state index contributed by atoms with van der Waals surface area (Å²) < 4.78 is 169. The molecule has 1 N–H and O–H groups in total. The van der Waals surface area contributed by atoms with Crippen LogP contribution in [-0.2, 0) is 0 Å². The number of aromatic nitrogens is 3. The van der Waals surface area contributed by atoms with Gasteiger partial charge in [0.1, 0.15) is 0 Å². The molecule has 5 heteroatoms. The number of hydrogen-bond acceptors (Lipinski definition) is 1. The second-order valence-corrected chi connectivity index (χ2v) is 22.6. The highest BCUT2D eigenvalue weighted by Gasteiger charge is 2.44. The first-order chi connectivity index (χ1) is 51.6. The van der Waals surface area contributed by atoms with Gasteiger partial charge in [-0.05, 0) is 138 Å². The lowest BCUT2D eigenvalue weighted by atomic mass is 9.33. The van der Waals surface area contributed by atoms with E-state index in [0.29, 0.717) is 66.6 Å². The fraction of sp³-hybridized carbons (Fsp3) is 0. The van der Waals surface area contributed by atoms with Crippen molar-refractivity contribution in [1.29, 1.82) is 0 Å². The van der Waals surface area contributed by atoms with Gasteiger partial charge in [0.2, 0.25) is 0 Å². The topological polar surface area (TPSA) is 28.9 Å². The molecule has 0 spiro atoms. The second-order valence-electron chi connectivity index (χ2n) is 22.6. The van der Waals surface area contributed by atoms with Crippen molar-refractivity contribution in [3.8, 4) is 78.1 Å². The largest absolute Gasteiger partial charge is 0.354 e. The van der Waals surface area contributed by atoms with Crippen LogP contribution in [0.4, 0.5) is 17.1 Å². The number of H-pyrrole nitrogens is 1. The van der Waals surface area contributed by atoms with Gasteiger partial charge in [-0.15, -0.1) is 0 Å². The number of hydrogen-bond donors (Lipinski definition) is 1. The van der Waals surface area contributed by atoms with Gasteiger partial charge in [0, 0.05) is 66.1 Å². The number of para-hydroxylation sites is 3. The Kier molecular flexibility index (Phi) is 7.66. The summed E-state index contributed by atoms with van der Waals surface area (Å²) in [5, 5.41) is 2.49. The molecule has 0 atom stereocenters. The van der Waals surface area contributed by atoms with Gasteiger partial charge in [-0.3, -0.25) is 0 Å². The Bertz CT molecular complexity index is 6740. The molecule has 14 aromatic carbocycles. The number of rotatable bonds is 8. The predicted molar refractivity (Wildman–Crippen MR) is 376 cm³/mol. The first kappa shape index (κ1) is 35.1. The normalized spacial score (nSPS) is 15.3. The van der Waals surface area contributed by atoms with Crippen molar-refractivity contribution in [1.82, 2.24) is 14.1 Å². The molecule has 2 aliphatic heterocycles. The predicted octanol–water partition coefficient (Wildman–Crippen LogP) is 20.1.